The lowest BCUT2D eigenvalue weighted by Crippen LogP contribution is -2.43. The van der Waals surface area contributed by atoms with Crippen molar-refractivity contribution in [2.45, 2.75) is 44.7 Å². The summed E-state index contributed by atoms with van der Waals surface area (Å²) in [6.45, 7) is 4.12. The number of nitrogens with zero attached hydrogens (tertiary/aromatic N) is 4. The van der Waals surface area contributed by atoms with Gasteiger partial charge in [-0.15, -0.1) is 0 Å². The third-order valence-electron chi connectivity index (χ3n) is 7.38. The van der Waals surface area contributed by atoms with E-state index in [9.17, 15) is 26.3 Å². The molecule has 0 amide bonds. The Morgan fingerprint density at radius 2 is 1.86 bits per heavy atom. The lowest BCUT2D eigenvalue weighted by Gasteiger charge is -2.41. The van der Waals surface area contributed by atoms with Gasteiger partial charge in [-0.3, -0.25) is 14.0 Å². The number of aryl methyl sites for hydroxylation is 1. The molecule has 9 nitrogen and oxygen atoms in total. The summed E-state index contributed by atoms with van der Waals surface area (Å²) >= 11 is 0. The fourth-order valence-corrected chi connectivity index (χ4v) is 7.38. The second kappa shape index (κ2) is 9.31. The average molecular weight is 558 g/mol. The number of piperidine rings is 1. The Bertz CT molecular complexity index is 1300. The van der Waals surface area contributed by atoms with Crippen LogP contribution in [0.15, 0.2) is 30.3 Å². The lowest BCUT2D eigenvalue weighted by atomic mass is 10.00. The summed E-state index contributed by atoms with van der Waals surface area (Å²) < 4.78 is 76.9. The molecule has 5 rings (SSSR count). The first-order valence-electron chi connectivity index (χ1n) is 12.2. The molecule has 1 atom stereocenters. The molecule has 2 aromatic rings. The second-order valence-electron chi connectivity index (χ2n) is 10.3. The maximum atomic E-state index is 13.6. The molecule has 2 aliphatic heterocycles. The van der Waals surface area contributed by atoms with E-state index in [1.165, 1.54) is 21.9 Å². The van der Waals surface area contributed by atoms with E-state index in [0.717, 1.165) is 42.6 Å². The van der Waals surface area contributed by atoms with Gasteiger partial charge in [0.25, 0.3) is 5.92 Å². The molecule has 3 aliphatic rings. The third-order valence-corrected chi connectivity index (χ3v) is 9.99. The molecule has 3 N–H and O–H groups in total. The number of anilines is 2. The van der Waals surface area contributed by atoms with Crippen LogP contribution < -0.4 is 13.3 Å². The Kier molecular flexibility index (Phi) is 6.69. The van der Waals surface area contributed by atoms with Gasteiger partial charge in [-0.2, -0.15) is 0 Å². The van der Waals surface area contributed by atoms with Crippen LogP contribution in [-0.2, 0) is 16.6 Å². The molecule has 1 saturated heterocycles. The molecule has 1 saturated carbocycles. The number of aromatic nitrogens is 1. The number of hydrogen-bond acceptors (Lipinski definition) is 8. The van der Waals surface area contributed by atoms with Crippen LogP contribution in [-0.4, -0.2) is 72.3 Å². The molecule has 1 aliphatic carbocycles. The Morgan fingerprint density at radius 3 is 2.49 bits per heavy atom. The summed E-state index contributed by atoms with van der Waals surface area (Å²) in [6.07, 6.45) is 2.44. The molecule has 1 unspecified atom stereocenters. The zero-order valence-corrected chi connectivity index (χ0v) is 22.7. The summed E-state index contributed by atoms with van der Waals surface area (Å²) in [5.74, 6) is -3.31. The summed E-state index contributed by atoms with van der Waals surface area (Å²) in [7, 11) is -5.16. The monoisotopic (exact) mass is 557 g/mol. The van der Waals surface area contributed by atoms with Gasteiger partial charge in [0.15, 0.2) is 5.82 Å². The van der Waals surface area contributed by atoms with Gasteiger partial charge in [-0.1, -0.05) is 12.1 Å². The number of alkyl halides is 2. The van der Waals surface area contributed by atoms with Gasteiger partial charge in [-0.05, 0) is 60.1 Å². The van der Waals surface area contributed by atoms with Gasteiger partial charge in [-0.25, -0.2) is 35.5 Å². The van der Waals surface area contributed by atoms with Gasteiger partial charge >= 0.3 is 0 Å². The number of fused-ring (bicyclic) bond motifs is 1. The average Bonchev–Trinajstić information content (AvgIpc) is 3.38. The summed E-state index contributed by atoms with van der Waals surface area (Å²) in [4.78, 5) is 7.02. The van der Waals surface area contributed by atoms with Crippen molar-refractivity contribution in [3.05, 3.63) is 41.5 Å². The van der Waals surface area contributed by atoms with Crippen molar-refractivity contribution in [1.29, 1.82) is 0 Å². The number of benzene rings is 1. The van der Waals surface area contributed by atoms with E-state index >= 15 is 0 Å². The predicted molar refractivity (Wildman–Crippen MR) is 142 cm³/mol. The van der Waals surface area contributed by atoms with Crippen LogP contribution in [0.5, 0.6) is 0 Å². The van der Waals surface area contributed by atoms with Crippen molar-refractivity contribution >= 4 is 32.5 Å². The van der Waals surface area contributed by atoms with Gasteiger partial charge in [0, 0.05) is 57.2 Å². The molecule has 1 aromatic heterocycles. The standard InChI is InChI=1S/C24H33F2N5O4S2/c1-16-4-5-17(14-30-10-8-19(9-11-30)28-36(3,32)33)12-20(16)21-6-7-22-23(27-21)29(2)37(34,35)31(22)15-18-13-24(18,25)26/h4-7,12,18-19,28,34-35H,8-11,13-15H2,1-3H3. The largest absolute Gasteiger partial charge is 0.299 e. The molecule has 0 radical (unpaired) electrons. The van der Waals surface area contributed by atoms with Crippen molar-refractivity contribution in [2.75, 3.05) is 41.5 Å². The Hall–Kier alpha value is -2.03. The third kappa shape index (κ3) is 5.43. The first-order chi connectivity index (χ1) is 17.2. The molecular formula is C24H33F2N5O4S2. The van der Waals surface area contributed by atoms with Gasteiger partial charge in [0.2, 0.25) is 10.0 Å². The number of pyridine rings is 1. The van der Waals surface area contributed by atoms with E-state index in [4.69, 9.17) is 4.98 Å². The number of sulfonamides is 1. The number of rotatable bonds is 7. The highest BCUT2D eigenvalue weighted by atomic mass is 32.3. The zero-order valence-electron chi connectivity index (χ0n) is 21.1. The lowest BCUT2D eigenvalue weighted by molar-refractivity contribution is 0.101. The SMILES string of the molecule is Cc1ccc(CN2CCC(NS(C)(=O)=O)CC2)cc1-c1ccc2c(n1)N(C)S(O)(O)N2CC1CC1(F)F. The van der Waals surface area contributed by atoms with Crippen molar-refractivity contribution in [1.82, 2.24) is 14.6 Å². The van der Waals surface area contributed by atoms with Crippen LogP contribution >= 0.6 is 11.0 Å². The highest BCUT2D eigenvalue weighted by Crippen LogP contribution is 2.62. The topological polar surface area (TPSA) is 109 Å². The molecular weight excluding hydrogens is 524 g/mol. The molecule has 2 fully saturated rings. The van der Waals surface area contributed by atoms with E-state index in [1.807, 2.05) is 13.0 Å². The minimum Gasteiger partial charge on any atom is -0.299 e. The minimum absolute atomic E-state index is 0.0366. The molecule has 0 bridgehead atoms. The highest BCUT2D eigenvalue weighted by molar-refractivity contribution is 8.26. The first kappa shape index (κ1) is 26.6. The molecule has 13 heteroatoms. The number of hydrogen-bond donors (Lipinski definition) is 3. The van der Waals surface area contributed by atoms with Crippen LogP contribution in [0, 0.1) is 12.8 Å². The summed E-state index contributed by atoms with van der Waals surface area (Å²) in [5, 5.41) is 0. The zero-order chi connectivity index (χ0) is 26.8. The Labute approximate surface area is 218 Å². The van der Waals surface area contributed by atoms with Crippen LogP contribution in [0.1, 0.15) is 30.4 Å². The fraction of sp³-hybridized carbons (Fsp3) is 0.542. The van der Waals surface area contributed by atoms with Crippen molar-refractivity contribution in [2.24, 2.45) is 5.92 Å². The number of likely N-dealkylation sites (tertiary alicyclic amines) is 1. The molecule has 37 heavy (non-hydrogen) atoms. The van der Waals surface area contributed by atoms with Gasteiger partial charge < -0.3 is 0 Å². The molecule has 1 aromatic carbocycles. The molecule has 0 spiro atoms. The van der Waals surface area contributed by atoms with E-state index in [1.54, 1.807) is 12.1 Å². The van der Waals surface area contributed by atoms with E-state index in [2.05, 4.69) is 21.8 Å². The van der Waals surface area contributed by atoms with E-state index < -0.39 is 32.8 Å². The minimum atomic E-state index is -3.46. The van der Waals surface area contributed by atoms with Gasteiger partial charge in [0.1, 0.15) is 5.69 Å². The van der Waals surface area contributed by atoms with Crippen molar-refractivity contribution in [3.63, 3.8) is 0 Å². The highest BCUT2D eigenvalue weighted by Gasteiger charge is 2.59. The molecule has 204 valence electrons. The van der Waals surface area contributed by atoms with E-state index in [-0.39, 0.29) is 19.0 Å². The quantitative estimate of drug-likeness (QED) is 0.468. The Balaban J connectivity index is 1.33. The fourth-order valence-electron chi connectivity index (χ4n) is 5.09. The normalized spacial score (nSPS) is 24.2. The maximum absolute atomic E-state index is 13.6. The number of halogens is 2. The first-order valence-corrected chi connectivity index (χ1v) is 15.6. The van der Waals surface area contributed by atoms with Crippen LogP contribution in [0.4, 0.5) is 20.3 Å². The maximum Gasteiger partial charge on any atom is 0.253 e. The summed E-state index contributed by atoms with van der Waals surface area (Å²) in [5.41, 5.74) is 4.11. The number of nitrogens with one attached hydrogen (secondary N) is 1. The predicted octanol–water partition coefficient (Wildman–Crippen LogP) is 4.06. The van der Waals surface area contributed by atoms with Crippen molar-refractivity contribution < 1.29 is 26.3 Å². The van der Waals surface area contributed by atoms with Gasteiger partial charge in [0.05, 0.1) is 11.9 Å². The van der Waals surface area contributed by atoms with Crippen LogP contribution in [0.25, 0.3) is 11.3 Å². The summed E-state index contributed by atoms with van der Waals surface area (Å²) in [6, 6.07) is 9.64. The molecule has 3 heterocycles. The van der Waals surface area contributed by atoms with Crippen LogP contribution in [0.2, 0.25) is 0 Å². The van der Waals surface area contributed by atoms with E-state index in [0.29, 0.717) is 23.7 Å². The second-order valence-corrected chi connectivity index (χ2v) is 14.1. The van der Waals surface area contributed by atoms with Crippen LogP contribution in [0.3, 0.4) is 0 Å². The van der Waals surface area contributed by atoms with Crippen molar-refractivity contribution in [3.8, 4) is 11.3 Å². The smallest absolute Gasteiger partial charge is 0.253 e. The Morgan fingerprint density at radius 1 is 1.19 bits per heavy atom.